The minimum Gasteiger partial charge on any atom is -0.373 e. The monoisotopic (exact) mass is 316 g/mol. The average Bonchev–Trinajstić information content (AvgIpc) is 3.11. The summed E-state index contributed by atoms with van der Waals surface area (Å²) in [6, 6.07) is 3.54. The van der Waals surface area contributed by atoms with E-state index in [9.17, 15) is 8.42 Å². The van der Waals surface area contributed by atoms with Crippen LogP contribution >= 0.6 is 11.3 Å². The molecule has 2 N–H and O–H groups in total. The smallest absolute Gasteiger partial charge is 0.250 e. The predicted molar refractivity (Wildman–Crippen MR) is 78.6 cm³/mol. The molecule has 0 aliphatic carbocycles. The molecule has 20 heavy (non-hydrogen) atoms. The van der Waals surface area contributed by atoms with Crippen molar-refractivity contribution in [2.45, 2.75) is 48.1 Å². The Bertz CT molecular complexity index is 570. The third-order valence-corrected chi connectivity index (χ3v) is 7.06. The number of thiophene rings is 1. The minimum atomic E-state index is -3.40. The molecule has 1 aromatic heterocycles. The molecule has 2 fully saturated rings. The number of sulfonamides is 1. The lowest BCUT2D eigenvalue weighted by molar-refractivity contribution is 0.0996. The van der Waals surface area contributed by atoms with Crippen LogP contribution < -0.4 is 10.0 Å². The van der Waals surface area contributed by atoms with Crippen LogP contribution in [0.2, 0.25) is 0 Å². The highest BCUT2D eigenvalue weighted by atomic mass is 32.2. The van der Waals surface area contributed by atoms with Crippen molar-refractivity contribution < 1.29 is 13.2 Å². The summed E-state index contributed by atoms with van der Waals surface area (Å²) in [6.45, 7) is 0.855. The number of hydrogen-bond donors (Lipinski definition) is 2. The van der Waals surface area contributed by atoms with Crippen LogP contribution in [-0.4, -0.2) is 40.3 Å². The maximum Gasteiger partial charge on any atom is 0.250 e. The van der Waals surface area contributed by atoms with Crippen LogP contribution in [0.4, 0.5) is 0 Å². The third-order valence-electron chi connectivity index (χ3n) is 3.94. The van der Waals surface area contributed by atoms with E-state index in [1.54, 1.807) is 6.07 Å². The van der Waals surface area contributed by atoms with Gasteiger partial charge in [0.2, 0.25) is 10.0 Å². The van der Waals surface area contributed by atoms with E-state index in [1.807, 2.05) is 13.1 Å². The Morgan fingerprint density at radius 2 is 2.25 bits per heavy atom. The van der Waals surface area contributed by atoms with Crippen molar-refractivity contribution in [3.8, 4) is 0 Å². The van der Waals surface area contributed by atoms with Crippen LogP contribution in [0.3, 0.4) is 0 Å². The summed E-state index contributed by atoms with van der Waals surface area (Å²) >= 11 is 1.35. The molecule has 2 saturated heterocycles. The van der Waals surface area contributed by atoms with E-state index in [4.69, 9.17) is 4.74 Å². The van der Waals surface area contributed by atoms with Gasteiger partial charge >= 0.3 is 0 Å². The van der Waals surface area contributed by atoms with Gasteiger partial charge in [-0.25, -0.2) is 13.1 Å². The molecule has 1 aromatic rings. The molecule has 2 aliphatic rings. The summed E-state index contributed by atoms with van der Waals surface area (Å²) < 4.78 is 33.7. The molecule has 3 atom stereocenters. The lowest BCUT2D eigenvalue weighted by atomic mass is 9.96. The zero-order valence-corrected chi connectivity index (χ0v) is 13.1. The molecular formula is C13H20N2O3S2. The molecule has 0 amide bonds. The van der Waals surface area contributed by atoms with Gasteiger partial charge in [-0.1, -0.05) is 0 Å². The van der Waals surface area contributed by atoms with Crippen LogP contribution in [0.1, 0.15) is 24.1 Å². The first-order chi connectivity index (χ1) is 9.58. The van der Waals surface area contributed by atoms with Gasteiger partial charge in [-0.3, -0.25) is 0 Å². The lowest BCUT2D eigenvalue weighted by Crippen LogP contribution is -2.41. The standard InChI is InChI=1S/C13H20N2O3S2/c1-14-7-6-10-3-5-13(19-10)20(16,17)15-11-8-9-2-4-12(11)18-9/h3,5,9,11-12,14-15H,2,4,6-8H2,1H3. The zero-order valence-electron chi connectivity index (χ0n) is 11.5. The van der Waals surface area contributed by atoms with Crippen LogP contribution in [0, 0.1) is 0 Å². The maximum absolute atomic E-state index is 12.4. The highest BCUT2D eigenvalue weighted by Crippen LogP contribution is 2.35. The largest absolute Gasteiger partial charge is 0.373 e. The van der Waals surface area contributed by atoms with Crippen molar-refractivity contribution in [1.82, 2.24) is 10.0 Å². The van der Waals surface area contributed by atoms with Gasteiger partial charge in [0.05, 0.1) is 18.2 Å². The lowest BCUT2D eigenvalue weighted by Gasteiger charge is -2.19. The van der Waals surface area contributed by atoms with Gasteiger partial charge < -0.3 is 10.1 Å². The second kappa shape index (κ2) is 5.73. The molecular weight excluding hydrogens is 296 g/mol. The van der Waals surface area contributed by atoms with Gasteiger partial charge in [-0.15, -0.1) is 11.3 Å². The Morgan fingerprint density at radius 3 is 2.90 bits per heavy atom. The van der Waals surface area contributed by atoms with Gasteiger partial charge in [0, 0.05) is 4.88 Å². The number of likely N-dealkylation sites (N-methyl/N-ethyl adjacent to an activating group) is 1. The van der Waals surface area contributed by atoms with E-state index in [-0.39, 0.29) is 18.2 Å². The Labute approximate surface area is 123 Å². The highest BCUT2D eigenvalue weighted by molar-refractivity contribution is 7.91. The zero-order chi connectivity index (χ0) is 14.2. The fourth-order valence-electron chi connectivity index (χ4n) is 2.90. The Morgan fingerprint density at radius 1 is 1.40 bits per heavy atom. The fourth-order valence-corrected chi connectivity index (χ4v) is 5.55. The summed E-state index contributed by atoms with van der Waals surface area (Å²) in [4.78, 5) is 1.09. The molecule has 0 aromatic carbocycles. The summed E-state index contributed by atoms with van der Waals surface area (Å²) in [5.41, 5.74) is 0. The molecule has 0 saturated carbocycles. The second-order valence-electron chi connectivity index (χ2n) is 5.41. The van der Waals surface area contributed by atoms with Gasteiger partial charge in [0.15, 0.2) is 0 Å². The SMILES string of the molecule is CNCCc1ccc(S(=O)(=O)NC2CC3CCC2O3)s1. The molecule has 3 heterocycles. The summed E-state index contributed by atoms with van der Waals surface area (Å²) in [6.07, 6.45) is 4.02. The predicted octanol–water partition coefficient (Wildman–Crippen LogP) is 1.11. The number of rotatable bonds is 6. The molecule has 0 radical (unpaired) electrons. The molecule has 5 nitrogen and oxygen atoms in total. The molecule has 2 bridgehead atoms. The van der Waals surface area contributed by atoms with E-state index in [1.165, 1.54) is 11.3 Å². The quantitative estimate of drug-likeness (QED) is 0.825. The van der Waals surface area contributed by atoms with Crippen molar-refractivity contribution in [2.24, 2.45) is 0 Å². The first-order valence-electron chi connectivity index (χ1n) is 6.99. The van der Waals surface area contributed by atoms with Crippen molar-refractivity contribution in [3.05, 3.63) is 17.0 Å². The first kappa shape index (κ1) is 14.5. The second-order valence-corrected chi connectivity index (χ2v) is 8.52. The van der Waals surface area contributed by atoms with Gasteiger partial charge in [0.25, 0.3) is 0 Å². The molecule has 112 valence electrons. The summed E-state index contributed by atoms with van der Waals surface area (Å²) in [7, 11) is -1.51. The first-order valence-corrected chi connectivity index (χ1v) is 9.29. The highest BCUT2D eigenvalue weighted by Gasteiger charge is 2.42. The number of ether oxygens (including phenoxy) is 1. The van der Waals surface area contributed by atoms with Crippen molar-refractivity contribution in [1.29, 1.82) is 0 Å². The van der Waals surface area contributed by atoms with E-state index >= 15 is 0 Å². The van der Waals surface area contributed by atoms with Crippen molar-refractivity contribution in [2.75, 3.05) is 13.6 Å². The van der Waals surface area contributed by atoms with Crippen LogP contribution in [0.25, 0.3) is 0 Å². The minimum absolute atomic E-state index is 0.0541. The number of nitrogens with one attached hydrogen (secondary N) is 2. The Balaban J connectivity index is 1.67. The van der Waals surface area contributed by atoms with Crippen LogP contribution in [0.15, 0.2) is 16.3 Å². The molecule has 2 aliphatic heterocycles. The Hall–Kier alpha value is -0.470. The summed E-state index contributed by atoms with van der Waals surface area (Å²) in [5, 5.41) is 3.07. The molecule has 3 rings (SSSR count). The van der Waals surface area contributed by atoms with E-state index < -0.39 is 10.0 Å². The summed E-state index contributed by atoms with van der Waals surface area (Å²) in [5.74, 6) is 0. The third kappa shape index (κ3) is 2.92. The topological polar surface area (TPSA) is 67.4 Å². The molecule has 7 heteroatoms. The number of hydrogen-bond acceptors (Lipinski definition) is 5. The van der Waals surface area contributed by atoms with E-state index in [2.05, 4.69) is 10.0 Å². The van der Waals surface area contributed by atoms with Crippen molar-refractivity contribution >= 4 is 21.4 Å². The van der Waals surface area contributed by atoms with Gasteiger partial charge in [0.1, 0.15) is 4.21 Å². The molecule has 0 spiro atoms. The normalized spacial score (nSPS) is 29.1. The number of fused-ring (bicyclic) bond motifs is 2. The van der Waals surface area contributed by atoms with Crippen molar-refractivity contribution in [3.63, 3.8) is 0 Å². The van der Waals surface area contributed by atoms with Gasteiger partial charge in [-0.2, -0.15) is 0 Å². The Kier molecular flexibility index (Phi) is 4.14. The van der Waals surface area contributed by atoms with Crippen LogP contribution in [-0.2, 0) is 21.2 Å². The molecule has 3 unspecified atom stereocenters. The van der Waals surface area contributed by atoms with Gasteiger partial charge in [-0.05, 0) is 51.4 Å². The average molecular weight is 316 g/mol. The van der Waals surface area contributed by atoms with E-state index in [0.717, 1.165) is 37.1 Å². The maximum atomic E-state index is 12.4. The van der Waals surface area contributed by atoms with E-state index in [0.29, 0.717) is 4.21 Å². The van der Waals surface area contributed by atoms with Crippen LogP contribution in [0.5, 0.6) is 0 Å². The fraction of sp³-hybridized carbons (Fsp3) is 0.692.